The van der Waals surface area contributed by atoms with Crippen LogP contribution in [0.4, 0.5) is 5.82 Å². The molecule has 1 fully saturated rings. The number of anilines is 1. The lowest BCUT2D eigenvalue weighted by atomic mass is 10.1. The molecule has 0 amide bonds. The molecular formula is C14H23N3O2S. The first-order chi connectivity index (χ1) is 9.43. The van der Waals surface area contributed by atoms with Crippen molar-refractivity contribution in [3.63, 3.8) is 0 Å². The van der Waals surface area contributed by atoms with Crippen molar-refractivity contribution in [3.8, 4) is 0 Å². The van der Waals surface area contributed by atoms with Crippen molar-refractivity contribution >= 4 is 15.7 Å². The van der Waals surface area contributed by atoms with Gasteiger partial charge in [0.1, 0.15) is 5.82 Å². The molecule has 0 aliphatic carbocycles. The Labute approximate surface area is 121 Å². The fraction of sp³-hybridized carbons (Fsp3) is 0.643. The smallest absolute Gasteiger partial charge is 0.152 e. The Morgan fingerprint density at radius 3 is 2.75 bits per heavy atom. The van der Waals surface area contributed by atoms with Gasteiger partial charge in [-0.25, -0.2) is 13.4 Å². The maximum absolute atomic E-state index is 11.5. The minimum Gasteiger partial charge on any atom is -0.356 e. The molecule has 6 heteroatoms. The molecule has 0 spiro atoms. The molecule has 0 saturated carbocycles. The van der Waals surface area contributed by atoms with Crippen molar-refractivity contribution < 1.29 is 8.42 Å². The Balaban J connectivity index is 2.06. The maximum Gasteiger partial charge on any atom is 0.152 e. The number of aromatic nitrogens is 1. The van der Waals surface area contributed by atoms with Crippen LogP contribution in [0.15, 0.2) is 18.3 Å². The number of hydrogen-bond donors (Lipinski definition) is 1. The third-order valence-electron chi connectivity index (χ3n) is 3.90. The molecule has 1 aliphatic rings. The molecule has 2 unspecified atom stereocenters. The molecule has 1 saturated heterocycles. The fourth-order valence-electron chi connectivity index (χ4n) is 2.55. The van der Waals surface area contributed by atoms with Crippen LogP contribution in [0.5, 0.6) is 0 Å². The van der Waals surface area contributed by atoms with Crippen LogP contribution in [0.1, 0.15) is 31.9 Å². The Kier molecular flexibility index (Phi) is 4.65. The lowest BCUT2D eigenvalue weighted by Gasteiger charge is -2.25. The van der Waals surface area contributed by atoms with Gasteiger partial charge in [-0.3, -0.25) is 0 Å². The van der Waals surface area contributed by atoms with Gasteiger partial charge in [0.2, 0.25) is 0 Å². The molecule has 2 atom stereocenters. The quantitative estimate of drug-likeness (QED) is 0.889. The second kappa shape index (κ2) is 6.10. The fourth-order valence-corrected chi connectivity index (χ4v) is 4.33. The molecule has 2 heterocycles. The van der Waals surface area contributed by atoms with Crippen LogP contribution in [0.25, 0.3) is 0 Å². The molecule has 1 aliphatic heterocycles. The summed E-state index contributed by atoms with van der Waals surface area (Å²) in [7, 11) is -0.939. The molecule has 1 N–H and O–H groups in total. The highest BCUT2D eigenvalue weighted by atomic mass is 32.2. The van der Waals surface area contributed by atoms with E-state index in [2.05, 4.69) is 30.2 Å². The highest BCUT2D eigenvalue weighted by molar-refractivity contribution is 7.91. The zero-order chi connectivity index (χ0) is 14.8. The second-order valence-corrected chi connectivity index (χ2v) is 7.63. The summed E-state index contributed by atoms with van der Waals surface area (Å²) in [4.78, 5) is 6.44. The average molecular weight is 297 g/mol. The summed E-state index contributed by atoms with van der Waals surface area (Å²) in [5, 5.41) is 3.34. The van der Waals surface area contributed by atoms with E-state index in [0.717, 1.165) is 17.9 Å². The largest absolute Gasteiger partial charge is 0.356 e. The van der Waals surface area contributed by atoms with Gasteiger partial charge in [-0.1, -0.05) is 13.0 Å². The Morgan fingerprint density at radius 1 is 1.50 bits per heavy atom. The predicted octanol–water partition coefficient (Wildman–Crippen LogP) is 1.38. The van der Waals surface area contributed by atoms with E-state index in [-0.39, 0.29) is 23.6 Å². The first-order valence-corrected chi connectivity index (χ1v) is 8.87. The van der Waals surface area contributed by atoms with Crippen LogP contribution >= 0.6 is 0 Å². The van der Waals surface area contributed by atoms with Crippen LogP contribution in [0.3, 0.4) is 0 Å². The number of sulfone groups is 1. The van der Waals surface area contributed by atoms with E-state index in [0.29, 0.717) is 6.42 Å². The lowest BCUT2D eigenvalue weighted by molar-refractivity contribution is 0.595. The van der Waals surface area contributed by atoms with Gasteiger partial charge in [0.15, 0.2) is 9.84 Å². The van der Waals surface area contributed by atoms with Crippen molar-refractivity contribution in [2.45, 2.75) is 32.4 Å². The van der Waals surface area contributed by atoms with E-state index >= 15 is 0 Å². The highest BCUT2D eigenvalue weighted by Gasteiger charge is 2.31. The van der Waals surface area contributed by atoms with E-state index < -0.39 is 9.84 Å². The van der Waals surface area contributed by atoms with Gasteiger partial charge in [0, 0.05) is 25.3 Å². The highest BCUT2D eigenvalue weighted by Crippen LogP contribution is 2.22. The maximum atomic E-state index is 11.5. The third kappa shape index (κ3) is 3.49. The molecule has 5 nitrogen and oxygen atoms in total. The summed E-state index contributed by atoms with van der Waals surface area (Å²) in [6.45, 7) is 5.10. The number of rotatable bonds is 5. The van der Waals surface area contributed by atoms with Crippen LogP contribution < -0.4 is 10.2 Å². The number of hydrogen-bond acceptors (Lipinski definition) is 5. The number of pyridine rings is 1. The first kappa shape index (κ1) is 15.3. The first-order valence-electron chi connectivity index (χ1n) is 7.05. The number of nitrogens with one attached hydrogen (secondary N) is 1. The normalized spacial score (nSPS) is 22.6. The van der Waals surface area contributed by atoms with Crippen molar-refractivity contribution in [1.29, 1.82) is 0 Å². The molecule has 20 heavy (non-hydrogen) atoms. The standard InChI is InChI=1S/C14H23N3O2S/c1-4-15-11(2)12-5-6-14(16-9-12)17(3)13-7-8-20(18,19)10-13/h5-6,9,11,13,15H,4,7-8,10H2,1-3H3. The monoisotopic (exact) mass is 297 g/mol. The van der Waals surface area contributed by atoms with E-state index in [1.165, 1.54) is 0 Å². The molecular weight excluding hydrogens is 274 g/mol. The van der Waals surface area contributed by atoms with E-state index in [1.807, 2.05) is 24.2 Å². The number of nitrogens with zero attached hydrogens (tertiary/aromatic N) is 2. The van der Waals surface area contributed by atoms with Gasteiger partial charge < -0.3 is 10.2 Å². The molecule has 1 aromatic heterocycles. The minimum absolute atomic E-state index is 0.0459. The second-order valence-electron chi connectivity index (χ2n) is 5.40. The summed E-state index contributed by atoms with van der Waals surface area (Å²) in [5.74, 6) is 1.36. The third-order valence-corrected chi connectivity index (χ3v) is 5.65. The SMILES string of the molecule is CCNC(C)c1ccc(N(C)C2CCS(=O)(=O)C2)nc1. The summed E-state index contributed by atoms with van der Waals surface area (Å²) >= 11 is 0. The predicted molar refractivity (Wildman–Crippen MR) is 81.8 cm³/mol. The zero-order valence-corrected chi connectivity index (χ0v) is 13.2. The van der Waals surface area contributed by atoms with E-state index in [4.69, 9.17) is 0 Å². The molecule has 0 aromatic carbocycles. The molecule has 0 bridgehead atoms. The Bertz CT molecular complexity index is 542. The topological polar surface area (TPSA) is 62.3 Å². The Hall–Kier alpha value is -1.14. The van der Waals surface area contributed by atoms with Crippen molar-refractivity contribution in [1.82, 2.24) is 10.3 Å². The van der Waals surface area contributed by atoms with Gasteiger partial charge in [-0.2, -0.15) is 0 Å². The summed E-state index contributed by atoms with van der Waals surface area (Å²) in [6.07, 6.45) is 2.55. The Morgan fingerprint density at radius 2 is 2.25 bits per heavy atom. The van der Waals surface area contributed by atoms with Gasteiger partial charge in [-0.15, -0.1) is 0 Å². The molecule has 0 radical (unpaired) electrons. The van der Waals surface area contributed by atoms with Crippen molar-refractivity contribution in [2.24, 2.45) is 0 Å². The summed E-state index contributed by atoms with van der Waals surface area (Å²) < 4.78 is 23.1. The van der Waals surface area contributed by atoms with Crippen LogP contribution in [-0.4, -0.2) is 44.5 Å². The van der Waals surface area contributed by atoms with Gasteiger partial charge in [0.25, 0.3) is 0 Å². The van der Waals surface area contributed by atoms with Gasteiger partial charge >= 0.3 is 0 Å². The van der Waals surface area contributed by atoms with Gasteiger partial charge in [-0.05, 0) is 31.5 Å². The molecule has 112 valence electrons. The molecule has 1 aromatic rings. The average Bonchev–Trinajstić information content (AvgIpc) is 2.79. The summed E-state index contributed by atoms with van der Waals surface area (Å²) in [5.41, 5.74) is 1.14. The lowest BCUT2D eigenvalue weighted by Crippen LogP contribution is -2.33. The molecule has 2 rings (SSSR count). The minimum atomic E-state index is -2.86. The van der Waals surface area contributed by atoms with E-state index in [9.17, 15) is 8.42 Å². The van der Waals surface area contributed by atoms with E-state index in [1.54, 1.807) is 0 Å². The zero-order valence-electron chi connectivity index (χ0n) is 12.3. The van der Waals surface area contributed by atoms with Crippen molar-refractivity contribution in [3.05, 3.63) is 23.9 Å². The van der Waals surface area contributed by atoms with Crippen LogP contribution in [0, 0.1) is 0 Å². The summed E-state index contributed by atoms with van der Waals surface area (Å²) in [6, 6.07) is 4.34. The van der Waals surface area contributed by atoms with Crippen LogP contribution in [-0.2, 0) is 9.84 Å². The van der Waals surface area contributed by atoms with Crippen LogP contribution in [0.2, 0.25) is 0 Å². The van der Waals surface area contributed by atoms with Crippen molar-refractivity contribution in [2.75, 3.05) is 30.0 Å². The van der Waals surface area contributed by atoms with Gasteiger partial charge in [0.05, 0.1) is 11.5 Å².